The van der Waals surface area contributed by atoms with Gasteiger partial charge in [0.2, 0.25) is 11.5 Å². The Hall–Kier alpha value is -6.80. The molecule has 2 atom stereocenters. The third kappa shape index (κ3) is 12.6. The minimum atomic E-state index is -0.895. The van der Waals surface area contributed by atoms with Crippen molar-refractivity contribution >= 4 is 28.7 Å². The molecule has 6 aromatic rings. The topological polar surface area (TPSA) is 174 Å². The minimum Gasteiger partial charge on any atom is -0.506 e. The number of nitrogens with one attached hydrogen (secondary N) is 3. The Balaban J connectivity index is 0.749. The fraction of sp³-hybridized carbons (Fsp3) is 0.333. The first kappa shape index (κ1) is 46.7. The SMILES string of the molecule is O=C(NCC(=O)N1CCC(COc2cccc(C(C(=O)OCC3CCN(Cc4ccccc4)CC3)c3ccccc3)c2)CC1)c1ccc(CNC[C@H](O)c2ccc(O)c3[nH]c(=O)ccc23)cc1. The molecule has 0 bridgehead atoms. The molecule has 1 unspecified atom stereocenters. The Bertz CT molecular complexity index is 2640. The van der Waals surface area contributed by atoms with E-state index in [0.29, 0.717) is 61.0 Å². The van der Waals surface area contributed by atoms with Crippen molar-refractivity contribution in [3.8, 4) is 11.5 Å². The summed E-state index contributed by atoms with van der Waals surface area (Å²) in [5.41, 5.74) is 4.83. The number of aromatic nitrogens is 1. The summed E-state index contributed by atoms with van der Waals surface area (Å²) in [4.78, 5) is 58.5. The van der Waals surface area contributed by atoms with Crippen molar-refractivity contribution < 1.29 is 34.1 Å². The number of likely N-dealkylation sites (tertiary alicyclic amines) is 2. The number of aromatic hydroxyl groups is 1. The normalized spacial score (nSPS) is 15.7. The lowest BCUT2D eigenvalue weighted by atomic mass is 9.91. The number of H-pyrrole nitrogens is 1. The van der Waals surface area contributed by atoms with E-state index in [4.69, 9.17) is 9.47 Å². The van der Waals surface area contributed by atoms with Gasteiger partial charge in [0.05, 0.1) is 31.4 Å². The van der Waals surface area contributed by atoms with Gasteiger partial charge < -0.3 is 40.2 Å². The number of rotatable bonds is 18. The van der Waals surface area contributed by atoms with Gasteiger partial charge in [-0.2, -0.15) is 0 Å². The number of ether oxygens (including phenoxy) is 2. The molecule has 8 rings (SSSR count). The van der Waals surface area contributed by atoms with E-state index in [0.717, 1.165) is 62.0 Å². The van der Waals surface area contributed by atoms with Crippen molar-refractivity contribution in [1.82, 2.24) is 25.4 Å². The number of aliphatic hydroxyl groups excluding tert-OH is 1. The third-order valence-corrected chi connectivity index (χ3v) is 13.0. The minimum absolute atomic E-state index is 0.0701. The maximum atomic E-state index is 13.8. The van der Waals surface area contributed by atoms with Crippen LogP contribution in [0.15, 0.2) is 138 Å². The molecule has 5 aromatic carbocycles. The van der Waals surface area contributed by atoms with Crippen molar-refractivity contribution in [2.45, 2.75) is 50.8 Å². The van der Waals surface area contributed by atoms with Gasteiger partial charge in [-0.3, -0.25) is 24.1 Å². The van der Waals surface area contributed by atoms with Crippen LogP contribution in [-0.2, 0) is 27.4 Å². The second-order valence-electron chi connectivity index (χ2n) is 17.7. The van der Waals surface area contributed by atoms with E-state index < -0.39 is 12.0 Å². The maximum Gasteiger partial charge on any atom is 0.317 e. The first-order valence-electron chi connectivity index (χ1n) is 23.3. The number of amides is 2. The first-order valence-corrected chi connectivity index (χ1v) is 23.3. The zero-order valence-electron chi connectivity index (χ0n) is 37.6. The molecule has 2 amide bonds. The highest BCUT2D eigenvalue weighted by Gasteiger charge is 2.28. The van der Waals surface area contributed by atoms with Crippen molar-refractivity contribution in [3.05, 3.63) is 177 Å². The van der Waals surface area contributed by atoms with Gasteiger partial charge in [0.1, 0.15) is 17.4 Å². The van der Waals surface area contributed by atoms with Crippen LogP contribution in [0.2, 0.25) is 0 Å². The van der Waals surface area contributed by atoms with Crippen LogP contribution >= 0.6 is 0 Å². The zero-order chi connectivity index (χ0) is 46.5. The van der Waals surface area contributed by atoms with E-state index in [2.05, 4.69) is 44.8 Å². The molecule has 3 heterocycles. The number of phenols is 1. The van der Waals surface area contributed by atoms with Crippen molar-refractivity contribution in [2.24, 2.45) is 11.8 Å². The highest BCUT2D eigenvalue weighted by atomic mass is 16.5. The van der Waals surface area contributed by atoms with Crippen molar-refractivity contribution in [3.63, 3.8) is 0 Å². The van der Waals surface area contributed by atoms with Gasteiger partial charge in [0.25, 0.3) is 5.91 Å². The molecule has 13 heteroatoms. The van der Waals surface area contributed by atoms with Crippen LogP contribution in [0.3, 0.4) is 0 Å². The monoisotopic (exact) mass is 905 g/mol. The van der Waals surface area contributed by atoms with Crippen LogP contribution in [0.1, 0.15) is 75.9 Å². The highest BCUT2D eigenvalue weighted by molar-refractivity contribution is 5.96. The average molecular weight is 906 g/mol. The summed E-state index contributed by atoms with van der Waals surface area (Å²) in [5.74, 6) is -0.141. The summed E-state index contributed by atoms with van der Waals surface area (Å²) in [6.07, 6.45) is 2.62. The molecular weight excluding hydrogens is 847 g/mol. The maximum absolute atomic E-state index is 13.8. The van der Waals surface area contributed by atoms with E-state index in [1.807, 2.05) is 72.8 Å². The first-order chi connectivity index (χ1) is 32.7. The number of piperidine rings is 2. The Morgan fingerprint density at radius 3 is 2.16 bits per heavy atom. The number of carbonyl (C=O) groups excluding carboxylic acids is 3. The number of aliphatic hydroxyl groups is 1. The summed E-state index contributed by atoms with van der Waals surface area (Å²) >= 11 is 0. The van der Waals surface area contributed by atoms with Gasteiger partial charge in [0.15, 0.2) is 0 Å². The largest absolute Gasteiger partial charge is 0.506 e. The number of phenolic OH excluding ortho intramolecular Hbond substituents is 1. The molecule has 1 aromatic heterocycles. The lowest BCUT2D eigenvalue weighted by Gasteiger charge is -2.32. The number of esters is 1. The van der Waals surface area contributed by atoms with Gasteiger partial charge in [-0.15, -0.1) is 0 Å². The van der Waals surface area contributed by atoms with E-state index in [-0.39, 0.29) is 53.6 Å². The predicted octanol–water partition coefficient (Wildman–Crippen LogP) is 6.69. The van der Waals surface area contributed by atoms with E-state index >= 15 is 0 Å². The van der Waals surface area contributed by atoms with E-state index in [9.17, 15) is 29.4 Å². The molecular formula is C54H59N5O8. The molecule has 67 heavy (non-hydrogen) atoms. The van der Waals surface area contributed by atoms with Crippen LogP contribution in [-0.4, -0.2) is 95.3 Å². The molecule has 0 aliphatic carbocycles. The molecule has 2 saturated heterocycles. The van der Waals surface area contributed by atoms with Crippen LogP contribution in [0.25, 0.3) is 10.9 Å². The molecule has 13 nitrogen and oxygen atoms in total. The van der Waals surface area contributed by atoms with Crippen molar-refractivity contribution in [2.75, 3.05) is 52.5 Å². The fourth-order valence-corrected chi connectivity index (χ4v) is 9.05. The smallest absolute Gasteiger partial charge is 0.317 e. The fourth-order valence-electron chi connectivity index (χ4n) is 9.05. The molecule has 0 saturated carbocycles. The van der Waals surface area contributed by atoms with Crippen LogP contribution in [0.4, 0.5) is 0 Å². The second-order valence-corrected chi connectivity index (χ2v) is 17.7. The molecule has 2 fully saturated rings. The van der Waals surface area contributed by atoms with Crippen LogP contribution < -0.4 is 20.9 Å². The number of pyridine rings is 1. The zero-order valence-corrected chi connectivity index (χ0v) is 37.6. The molecule has 348 valence electrons. The number of hydrogen-bond acceptors (Lipinski definition) is 10. The second kappa shape index (κ2) is 22.6. The Kier molecular flexibility index (Phi) is 15.8. The Labute approximate surface area is 390 Å². The van der Waals surface area contributed by atoms with E-state index in [1.165, 1.54) is 17.7 Å². The lowest BCUT2D eigenvalue weighted by Crippen LogP contribution is -2.44. The van der Waals surface area contributed by atoms with E-state index in [1.54, 1.807) is 29.2 Å². The number of benzene rings is 5. The van der Waals surface area contributed by atoms with Gasteiger partial charge in [-0.1, -0.05) is 91.0 Å². The lowest BCUT2D eigenvalue weighted by molar-refractivity contribution is -0.146. The van der Waals surface area contributed by atoms with Gasteiger partial charge in [-0.05, 0) is 115 Å². The number of fused-ring (bicyclic) bond motifs is 1. The highest BCUT2D eigenvalue weighted by Crippen LogP contribution is 2.31. The summed E-state index contributed by atoms with van der Waals surface area (Å²) < 4.78 is 12.4. The summed E-state index contributed by atoms with van der Waals surface area (Å²) in [7, 11) is 0. The molecule has 0 radical (unpaired) electrons. The summed E-state index contributed by atoms with van der Waals surface area (Å²) in [6, 6.07) is 41.0. The van der Waals surface area contributed by atoms with Crippen molar-refractivity contribution in [1.29, 1.82) is 0 Å². The predicted molar refractivity (Wildman–Crippen MR) is 257 cm³/mol. The van der Waals surface area contributed by atoms with Crippen LogP contribution in [0.5, 0.6) is 11.5 Å². The summed E-state index contributed by atoms with van der Waals surface area (Å²) in [6.45, 7) is 5.46. The van der Waals surface area contributed by atoms with Gasteiger partial charge >= 0.3 is 5.97 Å². The number of hydrogen-bond donors (Lipinski definition) is 5. The molecule has 0 spiro atoms. The quantitative estimate of drug-likeness (QED) is 0.0585. The molecule has 2 aliphatic rings. The Morgan fingerprint density at radius 2 is 1.42 bits per heavy atom. The van der Waals surface area contributed by atoms with Gasteiger partial charge in [0, 0.05) is 49.7 Å². The third-order valence-electron chi connectivity index (χ3n) is 13.0. The number of carbonyl (C=O) groups is 3. The van der Waals surface area contributed by atoms with Crippen LogP contribution in [0, 0.1) is 11.8 Å². The average Bonchev–Trinajstić information content (AvgIpc) is 3.36. The summed E-state index contributed by atoms with van der Waals surface area (Å²) in [5, 5.41) is 27.5. The molecule has 2 aliphatic heterocycles. The van der Waals surface area contributed by atoms with Gasteiger partial charge in [-0.25, -0.2) is 0 Å². The standard InChI is InChI=1S/C54H59N5O8/c60-47-20-18-45(46-19-21-49(62)57-52(46)47)48(61)32-55-31-37-14-16-42(17-15-37)53(64)56-33-50(63)59-28-24-40(25-29-59)35-66-44-13-7-12-43(30-44)51(41-10-5-2-6-11-41)54(65)67-36-39-22-26-58(27-23-39)34-38-8-3-1-4-9-38/h1-21,30,39-40,48,51,55,60-61H,22-29,31-36H2,(H,56,64)(H,57,62)/t48-,51?/m0/s1. The number of aromatic amines is 1. The molecule has 5 N–H and O–H groups in total. The number of nitrogens with zero attached hydrogens (tertiary/aromatic N) is 2. The Morgan fingerprint density at radius 1 is 0.731 bits per heavy atom.